The van der Waals surface area contributed by atoms with Gasteiger partial charge in [-0.15, -0.1) is 0 Å². The van der Waals surface area contributed by atoms with Gasteiger partial charge in [-0.2, -0.15) is 0 Å². The predicted molar refractivity (Wildman–Crippen MR) is 97.4 cm³/mol. The maximum atomic E-state index is 6.45. The molecule has 2 nitrogen and oxygen atoms in total. The Labute approximate surface area is 146 Å². The van der Waals surface area contributed by atoms with Crippen LogP contribution in [0.4, 0.5) is 0 Å². The SMILES string of the molecule is CC1(C)O[C@H](/C=C/c2ccccc2)[C@]2(C)[C@@H](C[C@@H]3C[C@H]2C3(C)C)O1. The highest BCUT2D eigenvalue weighted by Crippen LogP contribution is 2.69. The van der Waals surface area contributed by atoms with Crippen molar-refractivity contribution in [3.63, 3.8) is 0 Å². The summed E-state index contributed by atoms with van der Waals surface area (Å²) in [5.74, 6) is 0.951. The van der Waals surface area contributed by atoms with Gasteiger partial charge in [-0.1, -0.05) is 63.3 Å². The quantitative estimate of drug-likeness (QED) is 0.735. The Morgan fingerprint density at radius 1 is 0.958 bits per heavy atom. The van der Waals surface area contributed by atoms with E-state index in [2.05, 4.69) is 77.1 Å². The fourth-order valence-electron chi connectivity index (χ4n) is 5.58. The van der Waals surface area contributed by atoms with Gasteiger partial charge < -0.3 is 9.47 Å². The van der Waals surface area contributed by atoms with E-state index in [1.54, 1.807) is 0 Å². The molecule has 1 aromatic rings. The maximum absolute atomic E-state index is 6.45. The maximum Gasteiger partial charge on any atom is 0.163 e. The van der Waals surface area contributed by atoms with Crippen LogP contribution in [0.25, 0.3) is 6.08 Å². The second kappa shape index (κ2) is 5.19. The summed E-state index contributed by atoms with van der Waals surface area (Å²) in [5, 5.41) is 0. The number of benzene rings is 1. The van der Waals surface area contributed by atoms with E-state index in [9.17, 15) is 0 Å². The normalized spacial score (nSPS) is 42.4. The Bertz CT molecular complexity index is 645. The lowest BCUT2D eigenvalue weighted by molar-refractivity contribution is -0.383. The molecule has 4 fully saturated rings. The molecule has 2 heteroatoms. The lowest BCUT2D eigenvalue weighted by Gasteiger charge is -2.70. The van der Waals surface area contributed by atoms with Crippen LogP contribution in [0, 0.1) is 22.7 Å². The molecule has 1 saturated heterocycles. The molecule has 0 radical (unpaired) electrons. The lowest BCUT2D eigenvalue weighted by Crippen LogP contribution is -2.70. The zero-order chi connectivity index (χ0) is 17.2. The van der Waals surface area contributed by atoms with Gasteiger partial charge in [0, 0.05) is 5.41 Å². The summed E-state index contributed by atoms with van der Waals surface area (Å²) in [5.41, 5.74) is 1.68. The van der Waals surface area contributed by atoms with Gasteiger partial charge in [-0.05, 0) is 49.5 Å². The molecule has 1 heterocycles. The van der Waals surface area contributed by atoms with Crippen molar-refractivity contribution < 1.29 is 9.47 Å². The van der Waals surface area contributed by atoms with Crippen molar-refractivity contribution in [3.05, 3.63) is 42.0 Å². The van der Waals surface area contributed by atoms with Crippen LogP contribution in [0.1, 0.15) is 53.0 Å². The first-order valence-corrected chi connectivity index (χ1v) is 9.32. The largest absolute Gasteiger partial charge is 0.347 e. The Balaban J connectivity index is 1.68. The Morgan fingerprint density at radius 2 is 1.67 bits per heavy atom. The topological polar surface area (TPSA) is 18.5 Å². The summed E-state index contributed by atoms with van der Waals surface area (Å²) < 4.78 is 12.8. The van der Waals surface area contributed by atoms with Crippen LogP contribution in [-0.2, 0) is 9.47 Å². The molecule has 3 saturated carbocycles. The molecular weight excluding hydrogens is 296 g/mol. The van der Waals surface area contributed by atoms with Crippen molar-refractivity contribution >= 4 is 6.08 Å². The zero-order valence-electron chi connectivity index (χ0n) is 15.6. The molecule has 5 atom stereocenters. The van der Waals surface area contributed by atoms with E-state index < -0.39 is 5.79 Å². The summed E-state index contributed by atoms with van der Waals surface area (Å²) in [6, 6.07) is 10.5. The highest BCUT2D eigenvalue weighted by molar-refractivity contribution is 5.49. The van der Waals surface area contributed by atoms with Gasteiger partial charge in [0.15, 0.2) is 5.79 Å². The van der Waals surface area contributed by atoms with Crippen molar-refractivity contribution in [3.8, 4) is 0 Å². The van der Waals surface area contributed by atoms with E-state index in [4.69, 9.17) is 9.47 Å². The highest BCUT2D eigenvalue weighted by Gasteiger charge is 2.68. The average Bonchev–Trinajstić information content (AvgIpc) is 2.53. The first-order chi connectivity index (χ1) is 11.2. The van der Waals surface area contributed by atoms with Crippen LogP contribution in [0.2, 0.25) is 0 Å². The van der Waals surface area contributed by atoms with E-state index in [0.717, 1.165) is 5.92 Å². The van der Waals surface area contributed by atoms with Crippen LogP contribution in [0.3, 0.4) is 0 Å². The molecule has 0 unspecified atom stereocenters. The molecule has 3 aliphatic carbocycles. The Morgan fingerprint density at radius 3 is 2.33 bits per heavy atom. The van der Waals surface area contributed by atoms with Gasteiger partial charge in [0.1, 0.15) is 0 Å². The third kappa shape index (κ3) is 2.30. The summed E-state index contributed by atoms with van der Waals surface area (Å²) in [6.45, 7) is 11.4. The number of ether oxygens (including phenoxy) is 2. The second-order valence-corrected chi connectivity index (χ2v) is 9.22. The Hall–Kier alpha value is -1.12. The number of hydrogen-bond donors (Lipinski definition) is 0. The number of rotatable bonds is 2. The highest BCUT2D eigenvalue weighted by atomic mass is 16.7. The molecule has 0 N–H and O–H groups in total. The summed E-state index contributed by atoms with van der Waals surface area (Å²) in [7, 11) is 0. The van der Waals surface area contributed by atoms with Crippen molar-refractivity contribution in [1.29, 1.82) is 0 Å². The molecule has 0 aromatic heterocycles. The number of hydrogen-bond acceptors (Lipinski definition) is 2. The molecule has 130 valence electrons. The summed E-state index contributed by atoms with van der Waals surface area (Å²) in [6.07, 6.45) is 7.37. The minimum atomic E-state index is -0.510. The van der Waals surface area contributed by atoms with Crippen molar-refractivity contribution in [1.82, 2.24) is 0 Å². The molecule has 1 aromatic carbocycles. The van der Waals surface area contributed by atoms with E-state index in [1.165, 1.54) is 18.4 Å². The Kier molecular flexibility index (Phi) is 3.54. The van der Waals surface area contributed by atoms with Crippen molar-refractivity contribution in [2.45, 2.75) is 65.5 Å². The van der Waals surface area contributed by atoms with Crippen LogP contribution in [0.15, 0.2) is 36.4 Å². The van der Waals surface area contributed by atoms with E-state index in [0.29, 0.717) is 17.4 Å². The first-order valence-electron chi connectivity index (χ1n) is 9.32. The van der Waals surface area contributed by atoms with Gasteiger partial charge >= 0.3 is 0 Å². The first kappa shape index (κ1) is 16.4. The molecule has 0 spiro atoms. The third-order valence-electron chi connectivity index (χ3n) is 7.13. The second-order valence-electron chi connectivity index (χ2n) is 9.22. The molecular formula is C22H30O2. The molecule has 24 heavy (non-hydrogen) atoms. The van der Waals surface area contributed by atoms with Crippen LogP contribution in [-0.4, -0.2) is 18.0 Å². The minimum absolute atomic E-state index is 0.0546. The monoisotopic (exact) mass is 326 g/mol. The summed E-state index contributed by atoms with van der Waals surface area (Å²) >= 11 is 0. The third-order valence-corrected chi connectivity index (χ3v) is 7.13. The van der Waals surface area contributed by atoms with Crippen molar-refractivity contribution in [2.24, 2.45) is 22.7 Å². The van der Waals surface area contributed by atoms with E-state index >= 15 is 0 Å². The van der Waals surface area contributed by atoms with Gasteiger partial charge in [0.05, 0.1) is 12.2 Å². The van der Waals surface area contributed by atoms with Gasteiger partial charge in [0.2, 0.25) is 0 Å². The lowest BCUT2D eigenvalue weighted by atomic mass is 9.39. The van der Waals surface area contributed by atoms with Gasteiger partial charge in [-0.25, -0.2) is 0 Å². The molecule has 4 aliphatic rings. The molecule has 0 amide bonds. The molecule has 2 bridgehead atoms. The predicted octanol–water partition coefficient (Wildman–Crippen LogP) is 5.29. The van der Waals surface area contributed by atoms with E-state index in [-0.39, 0.29) is 11.5 Å². The summed E-state index contributed by atoms with van der Waals surface area (Å²) in [4.78, 5) is 0. The van der Waals surface area contributed by atoms with Crippen molar-refractivity contribution in [2.75, 3.05) is 0 Å². The van der Waals surface area contributed by atoms with Crippen LogP contribution in [0.5, 0.6) is 0 Å². The van der Waals surface area contributed by atoms with Crippen LogP contribution >= 0.6 is 0 Å². The van der Waals surface area contributed by atoms with Gasteiger partial charge in [0.25, 0.3) is 0 Å². The van der Waals surface area contributed by atoms with Crippen LogP contribution < -0.4 is 0 Å². The van der Waals surface area contributed by atoms with Gasteiger partial charge in [-0.3, -0.25) is 0 Å². The fourth-order valence-corrected chi connectivity index (χ4v) is 5.58. The fraction of sp³-hybridized carbons (Fsp3) is 0.636. The smallest absolute Gasteiger partial charge is 0.163 e. The zero-order valence-corrected chi connectivity index (χ0v) is 15.6. The molecule has 1 aliphatic heterocycles. The van der Waals surface area contributed by atoms with E-state index in [1.807, 2.05) is 0 Å². The minimum Gasteiger partial charge on any atom is -0.347 e. The average molecular weight is 326 g/mol. The molecule has 5 rings (SSSR count). The standard InChI is InChI=1S/C22H30O2/c1-20(2)16-13-17(20)22(5)18(12-11-15-9-7-6-8-10-15)23-21(3,4)24-19(22)14-16/h6-12,16-19H,13-14H2,1-5H3/b12-11+/t16-,17-,18+,19+,22+/m0/s1.